The number of hydrogen-bond acceptors (Lipinski definition) is 5. The molecule has 0 spiro atoms. The number of hydrogen-bond donors (Lipinski definition) is 3. The Kier molecular flexibility index (Phi) is 8.14. The molecule has 0 saturated carbocycles. The predicted octanol–water partition coefficient (Wildman–Crippen LogP) is 3.68. The second-order valence-electron chi connectivity index (χ2n) is 8.90. The van der Waals surface area contributed by atoms with Crippen LogP contribution in [0.25, 0.3) is 0 Å². The molecule has 2 heterocycles. The molecule has 2 aromatic rings. The highest BCUT2D eigenvalue weighted by Gasteiger charge is 2.35. The zero-order chi connectivity index (χ0) is 24.8. The third-order valence-corrected chi connectivity index (χ3v) is 6.49. The molecular formula is C25H29FN4O4S. The fourth-order valence-electron chi connectivity index (χ4n) is 4.36. The Morgan fingerprint density at radius 3 is 2.57 bits per heavy atom. The summed E-state index contributed by atoms with van der Waals surface area (Å²) in [6, 6.07) is 13.5. The summed E-state index contributed by atoms with van der Waals surface area (Å²) < 4.78 is 20.7. The van der Waals surface area contributed by atoms with Crippen LogP contribution in [0.3, 0.4) is 0 Å². The molecule has 2 fully saturated rings. The Morgan fingerprint density at radius 2 is 1.91 bits per heavy atom. The molecular weight excluding hydrogens is 471 g/mol. The molecule has 2 amide bonds. The molecule has 2 aliphatic heterocycles. The van der Waals surface area contributed by atoms with Crippen molar-refractivity contribution in [3.8, 4) is 5.75 Å². The van der Waals surface area contributed by atoms with E-state index in [1.54, 1.807) is 6.07 Å². The summed E-state index contributed by atoms with van der Waals surface area (Å²) >= 11 is 5.17. The van der Waals surface area contributed by atoms with Crippen molar-refractivity contribution in [2.45, 2.75) is 31.9 Å². The second kappa shape index (κ2) is 11.5. The van der Waals surface area contributed by atoms with Crippen LogP contribution >= 0.6 is 12.2 Å². The second-order valence-corrected chi connectivity index (χ2v) is 9.31. The molecule has 35 heavy (non-hydrogen) atoms. The lowest BCUT2D eigenvalue weighted by atomic mass is 9.94. The minimum atomic E-state index is -1.08. The summed E-state index contributed by atoms with van der Waals surface area (Å²) in [6.07, 6.45) is 0.817. The number of carboxylic acid groups (broad SMARTS) is 1. The van der Waals surface area contributed by atoms with E-state index in [2.05, 4.69) is 15.5 Å². The first-order valence-corrected chi connectivity index (χ1v) is 12.1. The van der Waals surface area contributed by atoms with Crippen LogP contribution in [0.5, 0.6) is 5.75 Å². The molecule has 0 aromatic heterocycles. The number of nitrogens with zero attached hydrogens (tertiary/aromatic N) is 2. The molecule has 10 heteroatoms. The first-order chi connectivity index (χ1) is 16.9. The van der Waals surface area contributed by atoms with E-state index in [1.807, 2.05) is 30.3 Å². The van der Waals surface area contributed by atoms with Crippen molar-refractivity contribution >= 4 is 35.0 Å². The highest BCUT2D eigenvalue weighted by atomic mass is 32.1. The van der Waals surface area contributed by atoms with Gasteiger partial charge in [-0.15, -0.1) is 0 Å². The lowest BCUT2D eigenvalue weighted by Gasteiger charge is -2.41. The Labute approximate surface area is 209 Å². The van der Waals surface area contributed by atoms with E-state index in [0.717, 1.165) is 31.6 Å². The maximum atomic E-state index is 14.8. The molecule has 2 aliphatic rings. The van der Waals surface area contributed by atoms with Crippen molar-refractivity contribution in [1.82, 2.24) is 15.1 Å². The molecule has 2 saturated heterocycles. The fraction of sp³-hybridized carbons (Fsp3) is 0.400. The van der Waals surface area contributed by atoms with E-state index in [9.17, 15) is 19.1 Å². The molecule has 8 nitrogen and oxygen atoms in total. The Balaban J connectivity index is 1.33. The smallest absolute Gasteiger partial charge is 0.410 e. The average Bonchev–Trinajstić information content (AvgIpc) is 2.78. The number of thiocarbonyl (C=S) groups is 1. The van der Waals surface area contributed by atoms with Gasteiger partial charge in [-0.2, -0.15) is 0 Å². The van der Waals surface area contributed by atoms with Crippen molar-refractivity contribution in [2.75, 3.05) is 31.5 Å². The molecule has 0 aliphatic carbocycles. The number of anilines is 1. The number of nitrogens with one attached hydrogen (secondary N) is 2. The maximum Gasteiger partial charge on any atom is 0.410 e. The molecule has 186 valence electrons. The monoisotopic (exact) mass is 500 g/mol. The quantitative estimate of drug-likeness (QED) is 0.500. The van der Waals surface area contributed by atoms with Crippen LogP contribution in [0.4, 0.5) is 14.9 Å². The number of halogens is 1. The van der Waals surface area contributed by atoms with Gasteiger partial charge in [-0.1, -0.05) is 30.3 Å². The number of benzene rings is 2. The zero-order valence-corrected chi connectivity index (χ0v) is 20.1. The number of amides is 2. The highest BCUT2D eigenvalue weighted by Crippen LogP contribution is 2.29. The van der Waals surface area contributed by atoms with Crippen LogP contribution < -0.4 is 15.4 Å². The summed E-state index contributed by atoms with van der Waals surface area (Å²) in [4.78, 5) is 27.4. The summed E-state index contributed by atoms with van der Waals surface area (Å²) in [6.45, 7) is 3.41. The van der Waals surface area contributed by atoms with Crippen LogP contribution in [0.15, 0.2) is 48.5 Å². The molecule has 4 rings (SSSR count). The van der Waals surface area contributed by atoms with Crippen molar-refractivity contribution in [3.05, 3.63) is 59.9 Å². The van der Waals surface area contributed by atoms with E-state index in [0.29, 0.717) is 24.6 Å². The molecule has 2 atom stereocenters. The van der Waals surface area contributed by atoms with Gasteiger partial charge < -0.3 is 25.4 Å². The van der Waals surface area contributed by atoms with Gasteiger partial charge in [0, 0.05) is 31.3 Å². The first kappa shape index (κ1) is 24.9. The van der Waals surface area contributed by atoms with Gasteiger partial charge >= 0.3 is 6.09 Å². The zero-order valence-electron chi connectivity index (χ0n) is 19.3. The van der Waals surface area contributed by atoms with Crippen molar-refractivity contribution < 1.29 is 23.8 Å². The summed E-state index contributed by atoms with van der Waals surface area (Å²) in [5.74, 6) is -0.663. The number of piperidine rings is 1. The fourth-order valence-corrected chi connectivity index (χ4v) is 4.59. The summed E-state index contributed by atoms with van der Waals surface area (Å²) in [5.41, 5.74) is 1.19. The first-order valence-electron chi connectivity index (χ1n) is 11.7. The van der Waals surface area contributed by atoms with Crippen molar-refractivity contribution in [3.63, 3.8) is 0 Å². The van der Waals surface area contributed by atoms with E-state index in [-0.39, 0.29) is 23.2 Å². The highest BCUT2D eigenvalue weighted by molar-refractivity contribution is 7.80. The number of carbonyl (C=O) groups excluding carboxylic acids is 1. The van der Waals surface area contributed by atoms with E-state index in [1.165, 1.54) is 23.5 Å². The number of ether oxygens (including phenoxy) is 1. The van der Waals surface area contributed by atoms with Crippen LogP contribution in [0.1, 0.15) is 24.8 Å². The van der Waals surface area contributed by atoms with Gasteiger partial charge in [-0.05, 0) is 61.8 Å². The van der Waals surface area contributed by atoms with Crippen LogP contribution in [-0.4, -0.2) is 64.4 Å². The minimum absolute atomic E-state index is 0.0320. The Bertz CT molecular complexity index is 1070. The minimum Gasteiger partial charge on any atom is -0.467 e. The SMILES string of the molecule is O=C(Cc1ccccc1)NC(=S)Nc1ccc(OC2CC(CN3CCC3)CCN2C(=O)O)c(F)c1. The van der Waals surface area contributed by atoms with Gasteiger partial charge in [0.1, 0.15) is 0 Å². The van der Waals surface area contributed by atoms with E-state index >= 15 is 0 Å². The molecule has 2 aromatic carbocycles. The van der Waals surface area contributed by atoms with Gasteiger partial charge in [-0.25, -0.2) is 9.18 Å². The third kappa shape index (κ3) is 6.89. The molecule has 2 unspecified atom stereocenters. The van der Waals surface area contributed by atoms with Crippen LogP contribution in [0, 0.1) is 11.7 Å². The summed E-state index contributed by atoms with van der Waals surface area (Å²) in [5, 5.41) is 15.0. The number of likely N-dealkylation sites (tertiary alicyclic amines) is 2. The lowest BCUT2D eigenvalue weighted by Crippen LogP contribution is -2.51. The van der Waals surface area contributed by atoms with Crippen LogP contribution in [-0.2, 0) is 11.2 Å². The van der Waals surface area contributed by atoms with Crippen molar-refractivity contribution in [2.24, 2.45) is 5.92 Å². The van der Waals surface area contributed by atoms with E-state index < -0.39 is 18.1 Å². The van der Waals surface area contributed by atoms with Gasteiger partial charge in [-0.3, -0.25) is 9.69 Å². The van der Waals surface area contributed by atoms with Crippen LogP contribution in [0.2, 0.25) is 0 Å². The van der Waals surface area contributed by atoms with E-state index in [4.69, 9.17) is 17.0 Å². The van der Waals surface area contributed by atoms with Gasteiger partial charge in [0.15, 0.2) is 22.9 Å². The third-order valence-electron chi connectivity index (χ3n) is 6.28. The van der Waals surface area contributed by atoms with Gasteiger partial charge in [0.2, 0.25) is 5.91 Å². The Morgan fingerprint density at radius 1 is 1.14 bits per heavy atom. The maximum absolute atomic E-state index is 14.8. The van der Waals surface area contributed by atoms with Crippen molar-refractivity contribution in [1.29, 1.82) is 0 Å². The largest absolute Gasteiger partial charge is 0.467 e. The standard InChI is InChI=1S/C25H29FN4O4S/c26-20-15-19(27-24(35)28-22(31)13-17-5-2-1-3-6-17)7-8-21(20)34-23-14-18(16-29-10-4-11-29)9-12-30(23)25(32)33/h1-3,5-8,15,18,23H,4,9-14,16H2,(H,32,33)(H2,27,28,31,35). The summed E-state index contributed by atoms with van der Waals surface area (Å²) in [7, 11) is 0. The molecule has 0 radical (unpaired) electrons. The van der Waals surface area contributed by atoms with Gasteiger partial charge in [0.25, 0.3) is 0 Å². The number of carbonyl (C=O) groups is 2. The topological polar surface area (TPSA) is 94.1 Å². The molecule has 3 N–H and O–H groups in total. The predicted molar refractivity (Wildman–Crippen MR) is 134 cm³/mol. The lowest BCUT2D eigenvalue weighted by molar-refractivity contribution is -0.119. The normalized spacial score (nSPS) is 20.0. The number of rotatable bonds is 7. The van der Waals surface area contributed by atoms with Gasteiger partial charge in [0.05, 0.1) is 6.42 Å². The average molecular weight is 501 g/mol. The Hall–Kier alpha value is -3.24. The molecule has 0 bridgehead atoms.